The van der Waals surface area contributed by atoms with Crippen LogP contribution < -0.4 is 10.9 Å². The third-order valence-corrected chi connectivity index (χ3v) is 5.62. The zero-order chi connectivity index (χ0) is 17.4. The van der Waals surface area contributed by atoms with E-state index in [9.17, 15) is 14.7 Å². The van der Waals surface area contributed by atoms with Gasteiger partial charge >= 0.3 is 0 Å². The lowest BCUT2D eigenvalue weighted by Gasteiger charge is -2.29. The molecule has 0 saturated heterocycles. The zero-order valence-electron chi connectivity index (χ0n) is 14.1. The fraction of sp³-hybridized carbons (Fsp3) is 0.562. The van der Waals surface area contributed by atoms with E-state index in [-0.39, 0.29) is 23.6 Å². The lowest BCUT2D eigenvalue weighted by atomic mass is 9.88. The SMILES string of the molecule is CC[C@H](C)[C@](C)(O)CNC(=O)c1cnc2sc(C)c(C)n2c1=O. The van der Waals surface area contributed by atoms with Crippen LogP contribution >= 0.6 is 11.3 Å². The van der Waals surface area contributed by atoms with Crippen molar-refractivity contribution in [3.63, 3.8) is 0 Å². The average Bonchev–Trinajstić information content (AvgIpc) is 2.80. The van der Waals surface area contributed by atoms with Crippen molar-refractivity contribution < 1.29 is 9.90 Å². The summed E-state index contributed by atoms with van der Waals surface area (Å²) in [7, 11) is 0. The summed E-state index contributed by atoms with van der Waals surface area (Å²) in [5.74, 6) is -0.477. The Morgan fingerprint density at radius 2 is 2.17 bits per heavy atom. The molecule has 0 spiro atoms. The second kappa shape index (κ2) is 6.41. The van der Waals surface area contributed by atoms with Gasteiger partial charge in [0, 0.05) is 23.3 Å². The zero-order valence-corrected chi connectivity index (χ0v) is 15.0. The van der Waals surface area contributed by atoms with Crippen LogP contribution in [0.5, 0.6) is 0 Å². The minimum absolute atomic E-state index is 0.0108. The van der Waals surface area contributed by atoms with Crippen LogP contribution in [-0.4, -0.2) is 32.5 Å². The number of nitrogens with one attached hydrogen (secondary N) is 1. The molecule has 2 N–H and O–H groups in total. The highest BCUT2D eigenvalue weighted by atomic mass is 32.1. The van der Waals surface area contributed by atoms with Gasteiger partial charge in [-0.1, -0.05) is 20.3 Å². The Labute approximate surface area is 139 Å². The summed E-state index contributed by atoms with van der Waals surface area (Å²) in [6.45, 7) is 9.42. The maximum Gasteiger partial charge on any atom is 0.271 e. The smallest absolute Gasteiger partial charge is 0.271 e. The van der Waals surface area contributed by atoms with Gasteiger partial charge in [0.2, 0.25) is 0 Å². The molecule has 2 heterocycles. The fourth-order valence-corrected chi connectivity index (χ4v) is 3.23. The molecule has 0 radical (unpaired) electrons. The predicted molar refractivity (Wildman–Crippen MR) is 91.2 cm³/mol. The molecule has 0 aliphatic rings. The molecule has 0 unspecified atom stereocenters. The molecule has 0 saturated carbocycles. The van der Waals surface area contributed by atoms with Gasteiger partial charge in [-0.2, -0.15) is 0 Å². The van der Waals surface area contributed by atoms with E-state index in [1.54, 1.807) is 6.92 Å². The predicted octanol–water partition coefficient (Wildman–Crippen LogP) is 1.90. The molecule has 0 aliphatic carbocycles. The number of aliphatic hydroxyl groups is 1. The third-order valence-electron chi connectivity index (χ3n) is 4.54. The number of aromatic nitrogens is 2. The number of amides is 1. The molecule has 2 aromatic rings. The van der Waals surface area contributed by atoms with E-state index < -0.39 is 11.5 Å². The Hall–Kier alpha value is -1.73. The van der Waals surface area contributed by atoms with Crippen molar-refractivity contribution in [3.05, 3.63) is 32.7 Å². The minimum atomic E-state index is -1.02. The van der Waals surface area contributed by atoms with E-state index in [0.717, 1.165) is 17.0 Å². The Morgan fingerprint density at radius 1 is 1.52 bits per heavy atom. The average molecular weight is 337 g/mol. The lowest BCUT2D eigenvalue weighted by molar-refractivity contribution is 0.00590. The molecule has 0 fully saturated rings. The molecular weight excluding hydrogens is 314 g/mol. The van der Waals surface area contributed by atoms with Crippen molar-refractivity contribution >= 4 is 22.2 Å². The number of fused-ring (bicyclic) bond motifs is 1. The number of carbonyl (C=O) groups excluding carboxylic acids is 1. The molecule has 2 aromatic heterocycles. The van der Waals surface area contributed by atoms with Gasteiger partial charge in [-0.25, -0.2) is 4.98 Å². The van der Waals surface area contributed by atoms with Crippen molar-refractivity contribution in [1.82, 2.24) is 14.7 Å². The summed E-state index contributed by atoms with van der Waals surface area (Å²) in [5, 5.41) is 13.0. The number of aryl methyl sites for hydroxylation is 2. The maximum atomic E-state index is 12.5. The van der Waals surface area contributed by atoms with Crippen molar-refractivity contribution in [2.75, 3.05) is 6.54 Å². The molecule has 1 amide bonds. The van der Waals surface area contributed by atoms with Crippen LogP contribution in [0.2, 0.25) is 0 Å². The summed E-state index contributed by atoms with van der Waals surface area (Å²) in [5.41, 5.74) is -0.614. The second-order valence-corrected chi connectivity index (χ2v) is 7.37. The third kappa shape index (κ3) is 3.30. The first-order valence-corrected chi connectivity index (χ1v) is 8.49. The van der Waals surface area contributed by atoms with E-state index in [1.807, 2.05) is 27.7 Å². The van der Waals surface area contributed by atoms with Crippen molar-refractivity contribution in [2.45, 2.75) is 46.6 Å². The molecule has 23 heavy (non-hydrogen) atoms. The van der Waals surface area contributed by atoms with E-state index in [0.29, 0.717) is 4.96 Å². The molecule has 2 rings (SSSR count). The van der Waals surface area contributed by atoms with Crippen LogP contribution in [-0.2, 0) is 0 Å². The Bertz CT molecular complexity index is 792. The highest BCUT2D eigenvalue weighted by molar-refractivity contribution is 7.17. The van der Waals surface area contributed by atoms with Crippen LogP contribution in [0, 0.1) is 19.8 Å². The maximum absolute atomic E-state index is 12.5. The van der Waals surface area contributed by atoms with Crippen LogP contribution in [0.4, 0.5) is 0 Å². The Balaban J connectivity index is 2.27. The fourth-order valence-electron chi connectivity index (χ4n) is 2.30. The highest BCUT2D eigenvalue weighted by Crippen LogP contribution is 2.20. The van der Waals surface area contributed by atoms with E-state index in [1.165, 1.54) is 21.9 Å². The number of thiazole rings is 1. The van der Waals surface area contributed by atoms with Gasteiger partial charge in [0.25, 0.3) is 11.5 Å². The van der Waals surface area contributed by atoms with Gasteiger partial charge in [-0.05, 0) is 26.7 Å². The molecule has 2 atom stereocenters. The van der Waals surface area contributed by atoms with Gasteiger partial charge in [0.05, 0.1) is 5.60 Å². The molecular formula is C16H23N3O3S. The monoisotopic (exact) mass is 337 g/mol. The molecule has 7 heteroatoms. The molecule has 126 valence electrons. The summed E-state index contributed by atoms with van der Waals surface area (Å²) in [4.78, 5) is 30.6. The van der Waals surface area contributed by atoms with E-state index in [2.05, 4.69) is 10.3 Å². The molecule has 0 aliphatic heterocycles. The van der Waals surface area contributed by atoms with Gasteiger partial charge in [-0.3, -0.25) is 14.0 Å². The topological polar surface area (TPSA) is 83.7 Å². The van der Waals surface area contributed by atoms with Gasteiger partial charge < -0.3 is 10.4 Å². The first-order valence-electron chi connectivity index (χ1n) is 7.67. The van der Waals surface area contributed by atoms with Crippen molar-refractivity contribution in [2.24, 2.45) is 5.92 Å². The minimum Gasteiger partial charge on any atom is -0.388 e. The summed E-state index contributed by atoms with van der Waals surface area (Å²) in [6, 6.07) is 0. The van der Waals surface area contributed by atoms with Crippen LogP contribution in [0.25, 0.3) is 4.96 Å². The largest absolute Gasteiger partial charge is 0.388 e. The first kappa shape index (κ1) is 17.6. The van der Waals surface area contributed by atoms with Gasteiger partial charge in [0.1, 0.15) is 5.56 Å². The number of carbonyl (C=O) groups is 1. The quantitative estimate of drug-likeness (QED) is 0.873. The molecule has 0 bridgehead atoms. The van der Waals surface area contributed by atoms with Crippen LogP contribution in [0.3, 0.4) is 0 Å². The summed E-state index contributed by atoms with van der Waals surface area (Å²) >= 11 is 1.42. The van der Waals surface area contributed by atoms with Crippen molar-refractivity contribution in [3.8, 4) is 0 Å². The van der Waals surface area contributed by atoms with Crippen LogP contribution in [0.15, 0.2) is 11.0 Å². The lowest BCUT2D eigenvalue weighted by Crippen LogP contribution is -2.46. The number of hydrogen-bond acceptors (Lipinski definition) is 5. The standard InChI is InChI=1S/C16H23N3O3S/c1-6-9(2)16(5,22)8-18-13(20)12-7-17-15-19(14(12)21)10(3)11(4)23-15/h7,9,22H,6,8H2,1-5H3,(H,18,20)/t9-,16+/m0/s1. The highest BCUT2D eigenvalue weighted by Gasteiger charge is 2.28. The van der Waals surface area contributed by atoms with Gasteiger partial charge in [0.15, 0.2) is 4.96 Å². The molecule has 6 nitrogen and oxygen atoms in total. The van der Waals surface area contributed by atoms with Crippen molar-refractivity contribution in [1.29, 1.82) is 0 Å². The van der Waals surface area contributed by atoms with Gasteiger partial charge in [-0.15, -0.1) is 11.3 Å². The normalized spacial score (nSPS) is 15.4. The van der Waals surface area contributed by atoms with E-state index >= 15 is 0 Å². The Morgan fingerprint density at radius 3 is 2.78 bits per heavy atom. The Kier molecular flexibility index (Phi) is 4.91. The summed E-state index contributed by atoms with van der Waals surface area (Å²) in [6.07, 6.45) is 2.10. The number of hydrogen-bond donors (Lipinski definition) is 2. The summed E-state index contributed by atoms with van der Waals surface area (Å²) < 4.78 is 1.46. The first-order chi connectivity index (χ1) is 10.7. The second-order valence-electron chi connectivity index (χ2n) is 6.19. The number of rotatable bonds is 5. The van der Waals surface area contributed by atoms with E-state index in [4.69, 9.17) is 0 Å². The number of nitrogens with zero attached hydrogens (tertiary/aromatic N) is 2. The molecule has 0 aromatic carbocycles. The van der Waals surface area contributed by atoms with Crippen LogP contribution in [0.1, 0.15) is 48.1 Å².